The number of aryl methyl sites for hydroxylation is 1. The summed E-state index contributed by atoms with van der Waals surface area (Å²) in [6.45, 7) is 1.67. The zero-order valence-electron chi connectivity index (χ0n) is 20.2. The van der Waals surface area contributed by atoms with Crippen LogP contribution in [0, 0.1) is 5.92 Å². The number of hydrogen-bond donors (Lipinski definition) is 2. The smallest absolute Gasteiger partial charge is 0.418 e. The van der Waals surface area contributed by atoms with Crippen LogP contribution < -0.4 is 15.4 Å². The number of benzene rings is 1. The molecule has 0 radical (unpaired) electrons. The van der Waals surface area contributed by atoms with Crippen LogP contribution in [0.15, 0.2) is 24.4 Å². The fourth-order valence-electron chi connectivity index (χ4n) is 4.11. The summed E-state index contributed by atoms with van der Waals surface area (Å²) in [5, 5.41) is 10.4. The quantitative estimate of drug-likeness (QED) is 0.358. The highest BCUT2D eigenvalue weighted by Gasteiger charge is 2.43. The highest BCUT2D eigenvalue weighted by atomic mass is 19.4. The van der Waals surface area contributed by atoms with Gasteiger partial charge in [-0.15, -0.1) is 0 Å². The van der Waals surface area contributed by atoms with Crippen molar-refractivity contribution in [2.75, 3.05) is 24.9 Å². The molecule has 2 N–H and O–H groups in total. The molecule has 0 bridgehead atoms. The van der Waals surface area contributed by atoms with E-state index in [4.69, 9.17) is 9.47 Å². The number of fused-ring (bicyclic) bond motifs is 1. The third kappa shape index (κ3) is 4.95. The first-order chi connectivity index (χ1) is 17.1. The molecule has 1 amide bonds. The predicted molar refractivity (Wildman–Crippen MR) is 126 cm³/mol. The summed E-state index contributed by atoms with van der Waals surface area (Å²) in [4.78, 5) is 16.4. The number of aromatic nitrogens is 3. The fourth-order valence-corrected chi connectivity index (χ4v) is 4.11. The average Bonchev–Trinajstić information content (AvgIpc) is 3.63. The van der Waals surface area contributed by atoms with Gasteiger partial charge >= 0.3 is 6.18 Å². The highest BCUT2D eigenvalue weighted by molar-refractivity contribution is 5.99. The Bertz CT molecular complexity index is 1270. The molecule has 1 unspecified atom stereocenters. The summed E-state index contributed by atoms with van der Waals surface area (Å²) in [5.74, 6) is 0.0832. The maximum atomic E-state index is 14.8. The number of alkyl halides is 4. The van der Waals surface area contributed by atoms with E-state index >= 15 is 0 Å². The van der Waals surface area contributed by atoms with Gasteiger partial charge in [-0.1, -0.05) is 13.0 Å². The number of carbonyl (C=O) groups excluding carboxylic acids is 1. The number of nitrogens with one attached hydrogen (secondary N) is 2. The van der Waals surface area contributed by atoms with E-state index < -0.39 is 18.5 Å². The lowest BCUT2D eigenvalue weighted by Crippen LogP contribution is -2.23. The zero-order chi connectivity index (χ0) is 26.2. The van der Waals surface area contributed by atoms with E-state index in [0.29, 0.717) is 5.52 Å². The van der Waals surface area contributed by atoms with Crippen molar-refractivity contribution in [1.29, 1.82) is 0 Å². The Labute approximate surface area is 205 Å². The topological polar surface area (TPSA) is 90.3 Å². The Morgan fingerprint density at radius 2 is 1.97 bits per heavy atom. The molecule has 1 saturated carbocycles. The molecule has 8 nitrogen and oxygen atoms in total. The maximum absolute atomic E-state index is 14.8. The van der Waals surface area contributed by atoms with E-state index in [1.54, 1.807) is 14.0 Å². The van der Waals surface area contributed by atoms with Crippen molar-refractivity contribution in [2.45, 2.75) is 44.6 Å². The monoisotopic (exact) mass is 509 g/mol. The van der Waals surface area contributed by atoms with E-state index in [2.05, 4.69) is 20.7 Å². The van der Waals surface area contributed by atoms with Gasteiger partial charge in [0.2, 0.25) is 5.91 Å². The van der Waals surface area contributed by atoms with Crippen LogP contribution in [0.4, 0.5) is 34.9 Å². The second-order valence-corrected chi connectivity index (χ2v) is 8.63. The van der Waals surface area contributed by atoms with Crippen LogP contribution in [-0.4, -0.2) is 41.1 Å². The SMILES string of the molecule is CCC(F)c1cnc(NC(=O)C2CC2)cc1Nc1nn(C)c2ccc([C@H](OC)C(F)(F)F)c(OC)c12. The molecule has 3 aromatic rings. The molecular formula is C24H27F4N5O3. The third-order valence-corrected chi connectivity index (χ3v) is 6.10. The third-order valence-electron chi connectivity index (χ3n) is 6.10. The summed E-state index contributed by atoms with van der Waals surface area (Å²) >= 11 is 0. The highest BCUT2D eigenvalue weighted by Crippen LogP contribution is 2.45. The zero-order valence-corrected chi connectivity index (χ0v) is 20.2. The Balaban J connectivity index is 1.82. The van der Waals surface area contributed by atoms with Crippen molar-refractivity contribution in [3.8, 4) is 5.75 Å². The number of pyridine rings is 1. The molecule has 1 aliphatic rings. The number of rotatable bonds is 9. The van der Waals surface area contributed by atoms with Gasteiger partial charge in [0.25, 0.3) is 0 Å². The van der Waals surface area contributed by atoms with Crippen LogP contribution in [0.1, 0.15) is 49.6 Å². The molecule has 0 spiro atoms. The Kier molecular flexibility index (Phi) is 7.07. The number of carbonyl (C=O) groups is 1. The predicted octanol–water partition coefficient (Wildman–Crippen LogP) is 5.74. The molecule has 36 heavy (non-hydrogen) atoms. The van der Waals surface area contributed by atoms with Gasteiger partial charge in [0.1, 0.15) is 17.7 Å². The van der Waals surface area contributed by atoms with E-state index in [9.17, 15) is 22.4 Å². The summed E-state index contributed by atoms with van der Waals surface area (Å²) < 4.78 is 67.5. The second-order valence-electron chi connectivity index (χ2n) is 8.63. The molecule has 2 aromatic heterocycles. The Morgan fingerprint density at radius 3 is 2.56 bits per heavy atom. The van der Waals surface area contributed by atoms with Gasteiger partial charge in [0.05, 0.1) is 23.7 Å². The van der Waals surface area contributed by atoms with E-state index in [1.807, 2.05) is 0 Å². The van der Waals surface area contributed by atoms with Crippen molar-refractivity contribution in [2.24, 2.45) is 13.0 Å². The minimum atomic E-state index is -4.68. The molecular weight excluding hydrogens is 482 g/mol. The van der Waals surface area contributed by atoms with E-state index in [1.165, 1.54) is 36.2 Å². The normalized spacial score (nSPS) is 15.6. The van der Waals surface area contributed by atoms with Gasteiger partial charge in [-0.3, -0.25) is 9.48 Å². The van der Waals surface area contributed by atoms with Crippen LogP contribution in [-0.2, 0) is 16.6 Å². The van der Waals surface area contributed by atoms with Crippen LogP contribution in [0.2, 0.25) is 0 Å². The lowest BCUT2D eigenvalue weighted by molar-refractivity contribution is -0.216. The van der Waals surface area contributed by atoms with Gasteiger partial charge in [0.15, 0.2) is 11.9 Å². The Morgan fingerprint density at radius 1 is 1.25 bits per heavy atom. The van der Waals surface area contributed by atoms with Gasteiger partial charge in [-0.2, -0.15) is 18.3 Å². The summed E-state index contributed by atoms with van der Waals surface area (Å²) in [6.07, 6.45) is -5.16. The van der Waals surface area contributed by atoms with Crippen LogP contribution in [0.3, 0.4) is 0 Å². The van der Waals surface area contributed by atoms with Crippen LogP contribution >= 0.6 is 0 Å². The lowest BCUT2D eigenvalue weighted by Gasteiger charge is -2.22. The number of methoxy groups -OCH3 is 2. The lowest BCUT2D eigenvalue weighted by atomic mass is 10.0. The average molecular weight is 510 g/mol. The standard InChI is InChI=1S/C24H27F4N5O3/c1-5-15(25)14-11-29-18(31-23(34)12-6-7-12)10-16(14)30-22-19-17(33(2)32-22)9-8-13(20(19)35-3)21(36-4)24(26,27)28/h8-12,15,21H,5-7H2,1-4H3,(H2,29,30,31,32,34)/t15?,21-/m0/s1. The number of nitrogens with zero attached hydrogens (tertiary/aromatic N) is 3. The van der Waals surface area contributed by atoms with E-state index in [-0.39, 0.29) is 57.8 Å². The molecule has 1 aliphatic carbocycles. The number of amides is 1. The molecule has 4 rings (SSSR count). The van der Waals surface area contributed by atoms with Crippen molar-refractivity contribution in [3.05, 3.63) is 35.5 Å². The molecule has 0 saturated heterocycles. The maximum Gasteiger partial charge on any atom is 0.418 e. The van der Waals surface area contributed by atoms with Gasteiger partial charge in [0, 0.05) is 43.5 Å². The first-order valence-corrected chi connectivity index (χ1v) is 11.4. The van der Waals surface area contributed by atoms with Gasteiger partial charge in [-0.05, 0) is 25.3 Å². The van der Waals surface area contributed by atoms with Crippen molar-refractivity contribution in [1.82, 2.24) is 14.8 Å². The second kappa shape index (κ2) is 9.92. The molecule has 1 aromatic carbocycles. The number of anilines is 3. The van der Waals surface area contributed by atoms with Gasteiger partial charge in [-0.25, -0.2) is 9.37 Å². The fraction of sp³-hybridized carbons (Fsp3) is 0.458. The largest absolute Gasteiger partial charge is 0.496 e. The van der Waals surface area contributed by atoms with Crippen LogP contribution in [0.25, 0.3) is 10.9 Å². The molecule has 2 atom stereocenters. The number of ether oxygens (including phenoxy) is 2. The van der Waals surface area contributed by atoms with Crippen molar-refractivity contribution in [3.63, 3.8) is 0 Å². The summed E-state index contributed by atoms with van der Waals surface area (Å²) in [6, 6.07) is 4.26. The van der Waals surface area contributed by atoms with Crippen molar-refractivity contribution < 1.29 is 31.8 Å². The minimum Gasteiger partial charge on any atom is -0.496 e. The molecule has 1 fully saturated rings. The molecule has 194 valence electrons. The summed E-state index contributed by atoms with van der Waals surface area (Å²) in [5.41, 5.74) is 0.763. The van der Waals surface area contributed by atoms with Crippen LogP contribution in [0.5, 0.6) is 5.75 Å². The Hall–Kier alpha value is -3.41. The number of hydrogen-bond acceptors (Lipinski definition) is 6. The number of halogens is 4. The van der Waals surface area contributed by atoms with E-state index in [0.717, 1.165) is 20.0 Å². The van der Waals surface area contributed by atoms with Crippen molar-refractivity contribution >= 4 is 34.1 Å². The molecule has 12 heteroatoms. The molecule has 2 heterocycles. The minimum absolute atomic E-state index is 0.0581. The first kappa shape index (κ1) is 25.7. The summed E-state index contributed by atoms with van der Waals surface area (Å²) in [7, 11) is 3.86. The first-order valence-electron chi connectivity index (χ1n) is 11.4. The molecule has 0 aliphatic heterocycles. The van der Waals surface area contributed by atoms with Gasteiger partial charge < -0.3 is 20.1 Å².